The lowest BCUT2D eigenvalue weighted by Crippen LogP contribution is -2.26. The van der Waals surface area contributed by atoms with Crippen LogP contribution in [0.25, 0.3) is 10.9 Å². The molecule has 0 atom stereocenters. The lowest BCUT2D eigenvalue weighted by atomic mass is 10.2. The van der Waals surface area contributed by atoms with E-state index in [0.29, 0.717) is 26.7 Å². The highest BCUT2D eigenvalue weighted by atomic mass is 35.5. The molecule has 0 radical (unpaired) electrons. The number of rotatable bonds is 6. The molecule has 1 heterocycles. The molecule has 3 aromatic rings. The molecule has 2 aromatic carbocycles. The van der Waals surface area contributed by atoms with Crippen LogP contribution in [0.15, 0.2) is 47.3 Å². The summed E-state index contributed by atoms with van der Waals surface area (Å²) in [4.78, 5) is 24.0. The number of benzene rings is 2. The zero-order valence-electron chi connectivity index (χ0n) is 13.4. The molecule has 0 amide bonds. The van der Waals surface area contributed by atoms with Crippen molar-refractivity contribution in [3.05, 3.63) is 62.9 Å². The largest absolute Gasteiger partial charge is 0.491 e. The number of halogens is 2. The molecule has 0 saturated heterocycles. The van der Waals surface area contributed by atoms with Gasteiger partial charge in [-0.25, -0.2) is 0 Å². The van der Waals surface area contributed by atoms with Gasteiger partial charge in [0.15, 0.2) is 6.73 Å². The van der Waals surface area contributed by atoms with Crippen molar-refractivity contribution in [2.24, 2.45) is 0 Å². The maximum Gasteiger partial charge on any atom is 0.311 e. The highest BCUT2D eigenvalue weighted by molar-refractivity contribution is 6.35. The Morgan fingerprint density at radius 3 is 2.77 bits per heavy atom. The first-order chi connectivity index (χ1) is 12.5. The van der Waals surface area contributed by atoms with Gasteiger partial charge in [-0.3, -0.25) is 9.59 Å². The molecule has 3 rings (SSSR count). The summed E-state index contributed by atoms with van der Waals surface area (Å²) in [5.74, 6) is -0.127. The highest BCUT2D eigenvalue weighted by Crippen LogP contribution is 2.27. The van der Waals surface area contributed by atoms with Crippen molar-refractivity contribution in [2.75, 3.05) is 6.61 Å². The van der Waals surface area contributed by atoms with E-state index in [2.05, 4.69) is 10.3 Å². The first-order valence-electron chi connectivity index (χ1n) is 7.60. The van der Waals surface area contributed by atoms with Crippen LogP contribution in [0, 0.1) is 0 Å². The van der Waals surface area contributed by atoms with Crippen LogP contribution in [-0.4, -0.2) is 27.6 Å². The van der Waals surface area contributed by atoms with Crippen LogP contribution in [-0.2, 0) is 16.3 Å². The molecular formula is C17H13Cl2N3O4. The van der Waals surface area contributed by atoms with Crippen molar-refractivity contribution in [2.45, 2.75) is 13.2 Å². The third kappa shape index (κ3) is 4.30. The number of hydrogen-bond donors (Lipinski definition) is 0. The molecule has 0 bridgehead atoms. The third-order valence-corrected chi connectivity index (χ3v) is 3.97. The number of aromatic nitrogens is 3. The Labute approximate surface area is 158 Å². The number of nitrogens with zero attached hydrogens (tertiary/aromatic N) is 3. The third-order valence-electron chi connectivity index (χ3n) is 3.43. The molecule has 0 aliphatic carbocycles. The van der Waals surface area contributed by atoms with Crippen molar-refractivity contribution in [3.63, 3.8) is 0 Å². The summed E-state index contributed by atoms with van der Waals surface area (Å²) in [5.41, 5.74) is 0.0981. The van der Waals surface area contributed by atoms with Gasteiger partial charge in [-0.05, 0) is 30.3 Å². The molecule has 0 saturated carbocycles. The number of carbonyl (C=O) groups excluding carboxylic acids is 1. The lowest BCUT2D eigenvalue weighted by Gasteiger charge is -2.09. The topological polar surface area (TPSA) is 83.3 Å². The van der Waals surface area contributed by atoms with Crippen LogP contribution in [0.2, 0.25) is 10.0 Å². The fraction of sp³-hybridized carbons (Fsp3) is 0.176. The molecule has 0 N–H and O–H groups in total. The van der Waals surface area contributed by atoms with Crippen LogP contribution < -0.4 is 10.3 Å². The predicted molar refractivity (Wildman–Crippen MR) is 96.5 cm³/mol. The fourth-order valence-corrected chi connectivity index (χ4v) is 2.61. The van der Waals surface area contributed by atoms with Gasteiger partial charge in [0.05, 0.1) is 23.4 Å². The molecule has 0 aliphatic rings. The molecule has 0 spiro atoms. The molecule has 0 aliphatic heterocycles. The quantitative estimate of drug-likeness (QED) is 0.598. The number of esters is 1. The van der Waals surface area contributed by atoms with Crippen molar-refractivity contribution in [3.8, 4) is 5.75 Å². The normalized spacial score (nSPS) is 10.7. The number of ether oxygens (including phenoxy) is 2. The van der Waals surface area contributed by atoms with Crippen molar-refractivity contribution in [1.82, 2.24) is 15.0 Å². The number of hydrogen-bond acceptors (Lipinski definition) is 6. The summed E-state index contributed by atoms with van der Waals surface area (Å²) in [5, 5.41) is 8.89. The average Bonchev–Trinajstić information content (AvgIpc) is 2.63. The summed E-state index contributed by atoms with van der Waals surface area (Å²) in [6.45, 7) is -0.254. The second-order valence-electron chi connectivity index (χ2n) is 5.23. The fourth-order valence-electron chi connectivity index (χ4n) is 2.15. The molecule has 0 fully saturated rings. The molecule has 26 heavy (non-hydrogen) atoms. The zero-order chi connectivity index (χ0) is 18.5. The van der Waals surface area contributed by atoms with Gasteiger partial charge in [-0.2, -0.15) is 4.68 Å². The summed E-state index contributed by atoms with van der Waals surface area (Å²) in [6, 6.07) is 11.6. The van der Waals surface area contributed by atoms with Crippen molar-refractivity contribution >= 4 is 40.1 Å². The van der Waals surface area contributed by atoms with Gasteiger partial charge in [0.2, 0.25) is 0 Å². The Bertz CT molecular complexity index is 1010. The lowest BCUT2D eigenvalue weighted by molar-refractivity contribution is -0.148. The Morgan fingerprint density at radius 2 is 1.96 bits per heavy atom. The van der Waals surface area contributed by atoms with Crippen molar-refractivity contribution in [1.29, 1.82) is 0 Å². The minimum absolute atomic E-state index is 0.0191. The molecule has 7 nitrogen and oxygen atoms in total. The SMILES string of the molecule is O=C(CCOc1ccc(Cl)cc1Cl)OCn1nnc2ccccc2c1=O. The Hall–Kier alpha value is -2.64. The second kappa shape index (κ2) is 8.16. The average molecular weight is 394 g/mol. The predicted octanol–water partition coefficient (Wildman–Crippen LogP) is 3.07. The van der Waals surface area contributed by atoms with Gasteiger partial charge in [0, 0.05) is 5.02 Å². The van der Waals surface area contributed by atoms with E-state index < -0.39 is 5.97 Å². The molecule has 0 unspecified atom stereocenters. The van der Waals surface area contributed by atoms with Crippen LogP contribution in [0.3, 0.4) is 0 Å². The summed E-state index contributed by atoms with van der Waals surface area (Å²) >= 11 is 11.8. The minimum Gasteiger partial charge on any atom is -0.491 e. The van der Waals surface area contributed by atoms with E-state index in [4.69, 9.17) is 32.7 Å². The number of fused-ring (bicyclic) bond motifs is 1. The van der Waals surface area contributed by atoms with Crippen LogP contribution in [0.1, 0.15) is 6.42 Å². The first-order valence-corrected chi connectivity index (χ1v) is 8.36. The van der Waals surface area contributed by atoms with Gasteiger partial charge in [0.1, 0.15) is 11.3 Å². The van der Waals surface area contributed by atoms with Gasteiger partial charge in [-0.15, -0.1) is 5.10 Å². The Balaban J connectivity index is 1.53. The molecule has 1 aromatic heterocycles. The van der Waals surface area contributed by atoms with E-state index in [1.807, 2.05) is 0 Å². The summed E-state index contributed by atoms with van der Waals surface area (Å²) in [6.07, 6.45) is -0.0191. The number of carbonyl (C=O) groups is 1. The summed E-state index contributed by atoms with van der Waals surface area (Å²) in [7, 11) is 0. The maximum absolute atomic E-state index is 12.2. The van der Waals surface area contributed by atoms with Gasteiger partial charge in [0.25, 0.3) is 5.56 Å². The monoisotopic (exact) mass is 393 g/mol. The Morgan fingerprint density at radius 1 is 1.15 bits per heavy atom. The molecule has 134 valence electrons. The second-order valence-corrected chi connectivity index (χ2v) is 6.07. The first kappa shape index (κ1) is 18.2. The summed E-state index contributed by atoms with van der Waals surface area (Å²) < 4.78 is 11.4. The zero-order valence-corrected chi connectivity index (χ0v) is 14.9. The van der Waals surface area contributed by atoms with E-state index in [1.165, 1.54) is 0 Å². The Kier molecular flexibility index (Phi) is 5.70. The molecule has 9 heteroatoms. The van der Waals surface area contributed by atoms with Gasteiger partial charge in [-0.1, -0.05) is 40.5 Å². The van der Waals surface area contributed by atoms with E-state index in [-0.39, 0.29) is 25.3 Å². The maximum atomic E-state index is 12.2. The van der Waals surface area contributed by atoms with Crippen LogP contribution in [0.5, 0.6) is 5.75 Å². The van der Waals surface area contributed by atoms with E-state index in [1.54, 1.807) is 42.5 Å². The highest BCUT2D eigenvalue weighted by Gasteiger charge is 2.09. The minimum atomic E-state index is -0.544. The van der Waals surface area contributed by atoms with Gasteiger partial charge >= 0.3 is 5.97 Å². The van der Waals surface area contributed by atoms with E-state index in [9.17, 15) is 9.59 Å². The van der Waals surface area contributed by atoms with E-state index >= 15 is 0 Å². The van der Waals surface area contributed by atoms with Crippen molar-refractivity contribution < 1.29 is 14.3 Å². The smallest absolute Gasteiger partial charge is 0.311 e. The van der Waals surface area contributed by atoms with Gasteiger partial charge < -0.3 is 9.47 Å². The van der Waals surface area contributed by atoms with Crippen LogP contribution in [0.4, 0.5) is 0 Å². The molecular weight excluding hydrogens is 381 g/mol. The van der Waals surface area contributed by atoms with E-state index in [0.717, 1.165) is 4.68 Å². The standard InChI is InChI=1S/C17H13Cl2N3O4/c18-11-5-6-15(13(19)9-11)25-8-7-16(23)26-10-22-17(24)12-3-1-2-4-14(12)20-21-22/h1-6,9H,7-8,10H2. The van der Waals surface area contributed by atoms with Crippen LogP contribution >= 0.6 is 23.2 Å².